The zero-order valence-corrected chi connectivity index (χ0v) is 9.21. The molecule has 2 atom stereocenters. The van der Waals surface area contributed by atoms with Crippen molar-refractivity contribution in [3.8, 4) is 0 Å². The van der Waals surface area contributed by atoms with Gasteiger partial charge >= 0.3 is 0 Å². The molecule has 0 spiro atoms. The molecular weight excluding hydrogens is 195 g/mol. The Bertz CT molecular complexity index is 239. The van der Waals surface area contributed by atoms with Gasteiger partial charge in [0.1, 0.15) is 6.17 Å². The van der Waals surface area contributed by atoms with Gasteiger partial charge in [-0.15, -0.1) is 0 Å². The molecule has 0 aromatic heterocycles. The highest BCUT2D eigenvalue weighted by molar-refractivity contribution is 5.82. The molecule has 2 heterocycles. The molecule has 1 N–H and O–H groups in total. The molecule has 86 valence electrons. The highest BCUT2D eigenvalue weighted by Crippen LogP contribution is 2.19. The van der Waals surface area contributed by atoms with Gasteiger partial charge in [-0.25, -0.2) is 4.39 Å². The highest BCUT2D eigenvalue weighted by Gasteiger charge is 2.33. The summed E-state index contributed by atoms with van der Waals surface area (Å²) in [5.74, 6) is 0.821. The third-order valence-electron chi connectivity index (χ3n) is 3.47. The molecule has 0 radical (unpaired) electrons. The first-order valence-corrected chi connectivity index (χ1v) is 5.83. The number of amides is 1. The van der Waals surface area contributed by atoms with Gasteiger partial charge in [0.05, 0.1) is 6.04 Å². The molecule has 0 aromatic carbocycles. The number of carbonyl (C=O) groups excluding carboxylic acids is 1. The van der Waals surface area contributed by atoms with E-state index in [-0.39, 0.29) is 11.9 Å². The number of hydrogen-bond acceptors (Lipinski definition) is 2. The van der Waals surface area contributed by atoms with E-state index in [2.05, 4.69) is 12.2 Å². The van der Waals surface area contributed by atoms with Crippen molar-refractivity contribution in [1.82, 2.24) is 10.2 Å². The quantitative estimate of drug-likeness (QED) is 0.704. The van der Waals surface area contributed by atoms with Crippen molar-refractivity contribution in [2.24, 2.45) is 5.92 Å². The van der Waals surface area contributed by atoms with E-state index in [0.717, 1.165) is 31.8 Å². The van der Waals surface area contributed by atoms with Crippen molar-refractivity contribution in [3.05, 3.63) is 0 Å². The van der Waals surface area contributed by atoms with Crippen molar-refractivity contribution < 1.29 is 9.18 Å². The Morgan fingerprint density at radius 2 is 2.07 bits per heavy atom. The molecule has 2 saturated heterocycles. The Morgan fingerprint density at radius 3 is 2.60 bits per heavy atom. The smallest absolute Gasteiger partial charge is 0.239 e. The second kappa shape index (κ2) is 4.47. The number of likely N-dealkylation sites (tertiary alicyclic amines) is 1. The number of hydrogen-bond donors (Lipinski definition) is 1. The van der Waals surface area contributed by atoms with Gasteiger partial charge in [0.25, 0.3) is 0 Å². The number of rotatable bonds is 1. The van der Waals surface area contributed by atoms with Gasteiger partial charge in [0.15, 0.2) is 0 Å². The molecule has 2 aliphatic rings. The lowest BCUT2D eigenvalue weighted by molar-refractivity contribution is -0.134. The van der Waals surface area contributed by atoms with Gasteiger partial charge in [0.2, 0.25) is 5.91 Å². The summed E-state index contributed by atoms with van der Waals surface area (Å²) in [6, 6.07) is -0.270. The van der Waals surface area contributed by atoms with Crippen LogP contribution in [0.3, 0.4) is 0 Å². The zero-order chi connectivity index (χ0) is 10.8. The van der Waals surface area contributed by atoms with Crippen LogP contribution in [0.2, 0.25) is 0 Å². The van der Waals surface area contributed by atoms with Crippen molar-refractivity contribution >= 4 is 5.91 Å². The predicted octanol–water partition coefficient (Wildman–Crippen LogP) is 0.945. The van der Waals surface area contributed by atoms with Crippen LogP contribution in [0.1, 0.15) is 26.2 Å². The van der Waals surface area contributed by atoms with Gasteiger partial charge in [-0.05, 0) is 18.8 Å². The van der Waals surface area contributed by atoms with Crippen molar-refractivity contribution in [2.75, 3.05) is 19.6 Å². The molecule has 0 aliphatic carbocycles. The Kier molecular flexibility index (Phi) is 3.24. The summed E-state index contributed by atoms with van der Waals surface area (Å²) in [5.41, 5.74) is 0. The number of alkyl halides is 1. The fourth-order valence-corrected chi connectivity index (χ4v) is 2.33. The SMILES string of the molecule is CC1CCN(C(=O)[C@H]2C[C@H](F)CN2)CC1. The van der Waals surface area contributed by atoms with Crippen LogP contribution >= 0.6 is 0 Å². The van der Waals surface area contributed by atoms with Crippen molar-refractivity contribution in [1.29, 1.82) is 0 Å². The van der Waals surface area contributed by atoms with Crippen LogP contribution in [0.4, 0.5) is 4.39 Å². The Morgan fingerprint density at radius 1 is 1.40 bits per heavy atom. The van der Waals surface area contributed by atoms with Gasteiger partial charge in [0, 0.05) is 26.1 Å². The molecule has 2 aliphatic heterocycles. The van der Waals surface area contributed by atoms with E-state index in [4.69, 9.17) is 0 Å². The molecule has 3 nitrogen and oxygen atoms in total. The van der Waals surface area contributed by atoms with Crippen LogP contribution in [0.15, 0.2) is 0 Å². The molecule has 0 unspecified atom stereocenters. The number of nitrogens with zero attached hydrogens (tertiary/aromatic N) is 1. The fourth-order valence-electron chi connectivity index (χ4n) is 2.33. The number of piperidine rings is 1. The largest absolute Gasteiger partial charge is 0.341 e. The van der Waals surface area contributed by atoms with Gasteiger partial charge in [-0.1, -0.05) is 6.92 Å². The van der Waals surface area contributed by atoms with E-state index in [1.54, 1.807) is 0 Å². The first kappa shape index (κ1) is 10.9. The van der Waals surface area contributed by atoms with Crippen LogP contribution in [0.25, 0.3) is 0 Å². The van der Waals surface area contributed by atoms with Crippen molar-refractivity contribution in [3.63, 3.8) is 0 Å². The summed E-state index contributed by atoms with van der Waals surface area (Å²) in [6.07, 6.45) is 1.67. The average Bonchev–Trinajstić information content (AvgIpc) is 2.65. The summed E-state index contributed by atoms with van der Waals surface area (Å²) in [5, 5.41) is 2.95. The molecule has 2 rings (SSSR count). The summed E-state index contributed by atoms with van der Waals surface area (Å²) in [6.45, 7) is 4.23. The maximum Gasteiger partial charge on any atom is 0.239 e. The van der Waals surface area contributed by atoms with Crippen LogP contribution in [0, 0.1) is 5.92 Å². The normalized spacial score (nSPS) is 33.3. The monoisotopic (exact) mass is 214 g/mol. The van der Waals surface area contributed by atoms with E-state index in [9.17, 15) is 9.18 Å². The Balaban J connectivity index is 1.85. The summed E-state index contributed by atoms with van der Waals surface area (Å²) in [4.78, 5) is 13.8. The van der Waals surface area contributed by atoms with Crippen molar-refractivity contribution in [2.45, 2.75) is 38.4 Å². The maximum atomic E-state index is 12.9. The number of carbonyl (C=O) groups is 1. The fraction of sp³-hybridized carbons (Fsp3) is 0.909. The van der Waals surface area contributed by atoms with Gasteiger partial charge in [-0.3, -0.25) is 4.79 Å². The summed E-state index contributed by atoms with van der Waals surface area (Å²) >= 11 is 0. The van der Waals surface area contributed by atoms with Gasteiger partial charge < -0.3 is 10.2 Å². The molecule has 15 heavy (non-hydrogen) atoms. The average molecular weight is 214 g/mol. The van der Waals surface area contributed by atoms with E-state index < -0.39 is 6.17 Å². The number of nitrogens with one attached hydrogen (secondary N) is 1. The third kappa shape index (κ3) is 2.48. The van der Waals surface area contributed by atoms with Crippen LogP contribution in [0.5, 0.6) is 0 Å². The second-order valence-corrected chi connectivity index (χ2v) is 4.80. The minimum Gasteiger partial charge on any atom is -0.341 e. The van der Waals surface area contributed by atoms with Crippen LogP contribution in [-0.2, 0) is 4.79 Å². The standard InChI is InChI=1S/C11H19FN2O/c1-8-2-4-14(5-3-8)11(15)10-6-9(12)7-13-10/h8-10,13H,2-7H2,1H3/t9-,10+/m0/s1. The van der Waals surface area contributed by atoms with E-state index >= 15 is 0 Å². The molecule has 2 fully saturated rings. The lowest BCUT2D eigenvalue weighted by Gasteiger charge is -2.32. The zero-order valence-electron chi connectivity index (χ0n) is 9.21. The molecule has 0 bridgehead atoms. The molecule has 0 saturated carbocycles. The van der Waals surface area contributed by atoms with E-state index in [1.807, 2.05) is 4.90 Å². The minimum absolute atomic E-state index is 0.0991. The van der Waals surface area contributed by atoms with Crippen LogP contribution in [-0.4, -0.2) is 42.7 Å². The Hall–Kier alpha value is -0.640. The summed E-state index contributed by atoms with van der Waals surface area (Å²) < 4.78 is 12.9. The number of halogens is 1. The van der Waals surface area contributed by atoms with Gasteiger partial charge in [-0.2, -0.15) is 0 Å². The topological polar surface area (TPSA) is 32.3 Å². The molecule has 0 aromatic rings. The highest BCUT2D eigenvalue weighted by atomic mass is 19.1. The minimum atomic E-state index is -0.845. The lowest BCUT2D eigenvalue weighted by atomic mass is 9.98. The lowest BCUT2D eigenvalue weighted by Crippen LogP contribution is -2.46. The first-order chi connectivity index (χ1) is 7.16. The molecular formula is C11H19FN2O. The third-order valence-corrected chi connectivity index (χ3v) is 3.47. The maximum absolute atomic E-state index is 12.9. The first-order valence-electron chi connectivity index (χ1n) is 5.83. The predicted molar refractivity (Wildman–Crippen MR) is 56.3 cm³/mol. The molecule has 4 heteroatoms. The van der Waals surface area contributed by atoms with E-state index in [0.29, 0.717) is 13.0 Å². The second-order valence-electron chi connectivity index (χ2n) is 4.80. The van der Waals surface area contributed by atoms with E-state index in [1.165, 1.54) is 0 Å². The summed E-state index contributed by atoms with van der Waals surface area (Å²) in [7, 11) is 0. The Labute approximate surface area is 90.0 Å². The molecule has 1 amide bonds. The van der Waals surface area contributed by atoms with Crippen LogP contribution < -0.4 is 5.32 Å².